The predicted octanol–water partition coefficient (Wildman–Crippen LogP) is 3.62. The highest BCUT2D eigenvalue weighted by atomic mass is 32.2. The number of ketones is 1. The number of hydrogen-bond acceptors (Lipinski definition) is 6. The van der Waals surface area contributed by atoms with Gasteiger partial charge in [0.25, 0.3) is 0 Å². The lowest BCUT2D eigenvalue weighted by Crippen LogP contribution is -2.38. The van der Waals surface area contributed by atoms with Crippen LogP contribution in [-0.2, 0) is 24.1 Å². The third-order valence-corrected chi connectivity index (χ3v) is 6.65. The fourth-order valence-electron chi connectivity index (χ4n) is 4.06. The van der Waals surface area contributed by atoms with E-state index in [0.29, 0.717) is 19.1 Å². The number of nitrogens with zero attached hydrogens (tertiary/aromatic N) is 4. The summed E-state index contributed by atoms with van der Waals surface area (Å²) in [6, 6.07) is 6.21. The van der Waals surface area contributed by atoms with E-state index in [1.807, 2.05) is 13.0 Å². The van der Waals surface area contributed by atoms with Gasteiger partial charge in [0.1, 0.15) is 0 Å². The number of rotatable bonds is 7. The second kappa shape index (κ2) is 8.88. The van der Waals surface area contributed by atoms with Crippen molar-refractivity contribution in [2.45, 2.75) is 57.0 Å². The molecule has 0 N–H and O–H groups in total. The van der Waals surface area contributed by atoms with Crippen LogP contribution in [0.4, 0.5) is 5.95 Å². The van der Waals surface area contributed by atoms with E-state index >= 15 is 0 Å². The highest BCUT2D eigenvalue weighted by Gasteiger charge is 2.25. The smallest absolute Gasteiger partial charge is 0.228 e. The van der Waals surface area contributed by atoms with Crippen LogP contribution in [0.2, 0.25) is 0 Å². The van der Waals surface area contributed by atoms with Crippen molar-refractivity contribution in [3.63, 3.8) is 0 Å². The summed E-state index contributed by atoms with van der Waals surface area (Å²) in [4.78, 5) is 15.3. The number of anilines is 1. The number of aryl methyl sites for hydroxylation is 2. The molecular weight excluding hydrogens is 384 g/mol. The van der Waals surface area contributed by atoms with Crippen molar-refractivity contribution in [2.75, 3.05) is 31.2 Å². The van der Waals surface area contributed by atoms with Crippen molar-refractivity contribution in [1.82, 2.24) is 14.8 Å². The first-order valence-electron chi connectivity index (χ1n) is 10.6. The van der Waals surface area contributed by atoms with E-state index in [2.05, 4.69) is 45.6 Å². The molecule has 29 heavy (non-hydrogen) atoms. The lowest BCUT2D eigenvalue weighted by Gasteiger charge is -2.28. The van der Waals surface area contributed by atoms with Gasteiger partial charge in [-0.1, -0.05) is 37.7 Å². The van der Waals surface area contributed by atoms with Gasteiger partial charge in [-0.15, -0.1) is 10.2 Å². The van der Waals surface area contributed by atoms with Crippen LogP contribution in [0.25, 0.3) is 0 Å². The van der Waals surface area contributed by atoms with Crippen LogP contribution in [0.1, 0.15) is 48.7 Å². The van der Waals surface area contributed by atoms with Gasteiger partial charge in [0.15, 0.2) is 10.9 Å². The van der Waals surface area contributed by atoms with E-state index < -0.39 is 0 Å². The minimum absolute atomic E-state index is 0.164. The molecule has 6 nitrogen and oxygen atoms in total. The summed E-state index contributed by atoms with van der Waals surface area (Å²) < 4.78 is 7.65. The Bertz CT molecular complexity index is 874. The van der Waals surface area contributed by atoms with Crippen LogP contribution in [0, 0.1) is 5.92 Å². The summed E-state index contributed by atoms with van der Waals surface area (Å²) >= 11 is 1.52. The number of thioether (sulfide) groups is 1. The Kier molecular flexibility index (Phi) is 6.25. The Hall–Kier alpha value is -1.86. The average molecular weight is 415 g/mol. The number of morpholine rings is 1. The van der Waals surface area contributed by atoms with E-state index in [4.69, 9.17) is 4.74 Å². The van der Waals surface area contributed by atoms with Gasteiger partial charge in [0.05, 0.1) is 18.5 Å². The van der Waals surface area contributed by atoms with Crippen molar-refractivity contribution >= 4 is 23.5 Å². The lowest BCUT2D eigenvalue weighted by molar-refractivity contribution is 0.0993. The molecule has 1 aliphatic carbocycles. The van der Waals surface area contributed by atoms with Gasteiger partial charge in [-0.25, -0.2) is 0 Å². The van der Waals surface area contributed by atoms with Crippen LogP contribution in [-0.4, -0.2) is 52.1 Å². The van der Waals surface area contributed by atoms with Crippen LogP contribution >= 0.6 is 11.8 Å². The van der Waals surface area contributed by atoms with Crippen LogP contribution in [0.3, 0.4) is 0 Å². The van der Waals surface area contributed by atoms with E-state index in [-0.39, 0.29) is 11.0 Å². The molecule has 1 saturated heterocycles. The number of carbonyl (C=O) groups excluding carboxylic acids is 1. The Morgan fingerprint density at radius 3 is 2.66 bits per heavy atom. The molecule has 7 heteroatoms. The van der Waals surface area contributed by atoms with E-state index in [0.717, 1.165) is 49.1 Å². The van der Waals surface area contributed by atoms with Gasteiger partial charge in [-0.05, 0) is 49.3 Å². The van der Waals surface area contributed by atoms with E-state index in [1.165, 1.54) is 29.3 Å². The Labute approximate surface area is 177 Å². The molecular formula is C22H30N4O2S. The SMILES string of the molecule is CC(C)Cn1c(SC(C)C(=O)c2ccc3c(c2)CCC3)nnc1N1CCOCC1. The minimum atomic E-state index is -0.206. The molecule has 156 valence electrons. The molecule has 0 amide bonds. The number of carbonyl (C=O) groups is 1. The van der Waals surface area contributed by atoms with Gasteiger partial charge in [-0.2, -0.15) is 0 Å². The summed E-state index contributed by atoms with van der Waals surface area (Å²) in [6.45, 7) is 10.3. The molecule has 2 aliphatic rings. The molecule has 4 rings (SSSR count). The molecule has 0 radical (unpaired) electrons. The first kappa shape index (κ1) is 20.4. The number of fused-ring (bicyclic) bond motifs is 1. The summed E-state index contributed by atoms with van der Waals surface area (Å²) in [6.07, 6.45) is 3.42. The number of aromatic nitrogens is 3. The topological polar surface area (TPSA) is 60.2 Å². The highest BCUT2D eigenvalue weighted by molar-refractivity contribution is 8.00. The maximum atomic E-state index is 13.1. The van der Waals surface area contributed by atoms with Gasteiger partial charge in [-0.3, -0.25) is 9.36 Å². The quantitative estimate of drug-likeness (QED) is 0.509. The third kappa shape index (κ3) is 4.51. The lowest BCUT2D eigenvalue weighted by atomic mass is 10.0. The number of ether oxygens (including phenoxy) is 1. The summed E-state index contributed by atoms with van der Waals surface area (Å²) in [5.41, 5.74) is 3.55. The highest BCUT2D eigenvalue weighted by Crippen LogP contribution is 2.30. The van der Waals surface area contributed by atoms with Gasteiger partial charge >= 0.3 is 0 Å². The summed E-state index contributed by atoms with van der Waals surface area (Å²) in [7, 11) is 0. The van der Waals surface area contributed by atoms with Crippen LogP contribution < -0.4 is 4.90 Å². The van der Waals surface area contributed by atoms with Crippen molar-refractivity contribution < 1.29 is 9.53 Å². The van der Waals surface area contributed by atoms with E-state index in [1.54, 1.807) is 0 Å². The van der Waals surface area contributed by atoms with Gasteiger partial charge in [0.2, 0.25) is 5.95 Å². The molecule has 0 bridgehead atoms. The van der Waals surface area contributed by atoms with Gasteiger partial charge < -0.3 is 9.64 Å². The molecule has 1 aromatic carbocycles. The summed E-state index contributed by atoms with van der Waals surface area (Å²) in [5.74, 6) is 1.52. The zero-order chi connectivity index (χ0) is 20.4. The zero-order valence-corrected chi connectivity index (χ0v) is 18.4. The fraction of sp³-hybridized carbons (Fsp3) is 0.591. The van der Waals surface area contributed by atoms with Crippen molar-refractivity contribution in [3.05, 3.63) is 34.9 Å². The predicted molar refractivity (Wildman–Crippen MR) is 116 cm³/mol. The Morgan fingerprint density at radius 1 is 1.14 bits per heavy atom. The molecule has 1 unspecified atom stereocenters. The molecule has 1 aromatic heterocycles. The number of hydrogen-bond donors (Lipinski definition) is 0. The van der Waals surface area contributed by atoms with Crippen molar-refractivity contribution in [1.29, 1.82) is 0 Å². The average Bonchev–Trinajstić information content (AvgIpc) is 3.34. The van der Waals surface area contributed by atoms with Crippen LogP contribution in [0.5, 0.6) is 0 Å². The largest absolute Gasteiger partial charge is 0.378 e. The maximum Gasteiger partial charge on any atom is 0.228 e. The standard InChI is InChI=1S/C22H30N4O2S/c1-15(2)14-26-21(25-9-11-28-12-10-25)23-24-22(26)29-16(3)20(27)19-8-7-17-5-4-6-18(17)13-19/h7-8,13,15-16H,4-6,9-12,14H2,1-3H3. The number of benzene rings is 1. The normalized spacial score (nSPS) is 17.6. The molecule has 0 spiro atoms. The first-order chi connectivity index (χ1) is 14.0. The van der Waals surface area contributed by atoms with Crippen LogP contribution in [0.15, 0.2) is 23.4 Å². The second-order valence-electron chi connectivity index (χ2n) is 8.35. The summed E-state index contributed by atoms with van der Waals surface area (Å²) in [5, 5.41) is 9.55. The monoisotopic (exact) mass is 414 g/mol. The minimum Gasteiger partial charge on any atom is -0.378 e. The molecule has 2 heterocycles. The third-order valence-electron chi connectivity index (χ3n) is 5.57. The number of Topliss-reactive ketones (excluding diaryl/α,β-unsaturated/α-hetero) is 1. The zero-order valence-electron chi connectivity index (χ0n) is 17.6. The van der Waals surface area contributed by atoms with Gasteiger partial charge in [0, 0.05) is 25.2 Å². The first-order valence-corrected chi connectivity index (χ1v) is 11.5. The van der Waals surface area contributed by atoms with Crippen molar-refractivity contribution in [3.8, 4) is 0 Å². The second-order valence-corrected chi connectivity index (χ2v) is 9.66. The molecule has 1 fully saturated rings. The maximum absolute atomic E-state index is 13.1. The molecule has 1 aliphatic heterocycles. The van der Waals surface area contributed by atoms with E-state index in [9.17, 15) is 4.79 Å². The Morgan fingerprint density at radius 2 is 1.90 bits per heavy atom. The fourth-order valence-corrected chi connectivity index (χ4v) is 4.99. The molecule has 1 atom stereocenters. The molecule has 0 saturated carbocycles. The Balaban J connectivity index is 1.53. The molecule has 2 aromatic rings. The van der Waals surface area contributed by atoms with Crippen molar-refractivity contribution in [2.24, 2.45) is 5.92 Å².